The van der Waals surface area contributed by atoms with Crippen LogP contribution in [0.2, 0.25) is 10.0 Å². The lowest BCUT2D eigenvalue weighted by atomic mass is 9.76. The van der Waals surface area contributed by atoms with Crippen LogP contribution in [0.5, 0.6) is 0 Å². The molecule has 0 bridgehead atoms. The monoisotopic (exact) mass is 363 g/mol. The Balaban J connectivity index is 2.12. The van der Waals surface area contributed by atoms with Crippen molar-refractivity contribution in [3.05, 3.63) is 63.6 Å². The van der Waals surface area contributed by atoms with E-state index in [1.54, 1.807) is 49.4 Å². The van der Waals surface area contributed by atoms with E-state index in [4.69, 9.17) is 27.9 Å². The molecule has 1 aliphatic rings. The highest BCUT2D eigenvalue weighted by Crippen LogP contribution is 2.41. The fraction of sp³-hybridized carbons (Fsp3) is 0.222. The second kappa shape index (κ2) is 6.46. The second-order valence-corrected chi connectivity index (χ2v) is 6.37. The average molecular weight is 364 g/mol. The van der Waals surface area contributed by atoms with Gasteiger partial charge in [-0.15, -0.1) is 0 Å². The van der Waals surface area contributed by atoms with Crippen molar-refractivity contribution in [2.24, 2.45) is 0 Å². The Bertz CT molecular complexity index is 822. The molecule has 0 saturated carbocycles. The SMILES string of the molecule is CCOC(=O)[C@]1(Cc2ccc(Cl)c(Cl)c2)C(=O)Nc2ccccc21. The first-order valence-corrected chi connectivity index (χ1v) is 8.26. The van der Waals surface area contributed by atoms with E-state index in [0.29, 0.717) is 21.3 Å². The molecule has 0 unspecified atom stereocenters. The molecule has 0 aliphatic carbocycles. The van der Waals surface area contributed by atoms with Crippen LogP contribution in [0.15, 0.2) is 42.5 Å². The molecule has 0 radical (unpaired) electrons. The molecule has 0 spiro atoms. The molecule has 1 aliphatic heterocycles. The predicted molar refractivity (Wildman–Crippen MR) is 93.5 cm³/mol. The summed E-state index contributed by atoms with van der Waals surface area (Å²) in [5.74, 6) is -0.966. The molecule has 3 rings (SSSR count). The van der Waals surface area contributed by atoms with Gasteiger partial charge in [0.1, 0.15) is 0 Å². The van der Waals surface area contributed by atoms with Gasteiger partial charge in [0.15, 0.2) is 5.41 Å². The van der Waals surface area contributed by atoms with E-state index >= 15 is 0 Å². The van der Waals surface area contributed by atoms with E-state index in [1.165, 1.54) is 0 Å². The zero-order valence-electron chi connectivity index (χ0n) is 12.9. The van der Waals surface area contributed by atoms with Gasteiger partial charge in [-0.3, -0.25) is 9.59 Å². The number of benzene rings is 2. The summed E-state index contributed by atoms with van der Waals surface area (Å²) in [5.41, 5.74) is 0.531. The normalized spacial score (nSPS) is 18.9. The molecular weight excluding hydrogens is 349 g/mol. The van der Waals surface area contributed by atoms with Gasteiger partial charge in [0, 0.05) is 17.7 Å². The number of hydrogen-bond donors (Lipinski definition) is 1. The number of para-hydroxylation sites is 1. The number of carbonyl (C=O) groups is 2. The maximum absolute atomic E-state index is 12.8. The van der Waals surface area contributed by atoms with Gasteiger partial charge in [-0.2, -0.15) is 0 Å². The fourth-order valence-corrected chi connectivity index (χ4v) is 3.30. The molecule has 1 amide bonds. The van der Waals surface area contributed by atoms with E-state index in [9.17, 15) is 9.59 Å². The van der Waals surface area contributed by atoms with Gasteiger partial charge < -0.3 is 10.1 Å². The number of nitrogens with one attached hydrogen (secondary N) is 1. The third-order valence-electron chi connectivity index (χ3n) is 4.10. The van der Waals surface area contributed by atoms with E-state index < -0.39 is 17.3 Å². The maximum atomic E-state index is 12.8. The van der Waals surface area contributed by atoms with Crippen LogP contribution in [0.25, 0.3) is 0 Å². The molecule has 0 aromatic heterocycles. The number of hydrogen-bond acceptors (Lipinski definition) is 3. The van der Waals surface area contributed by atoms with E-state index in [2.05, 4.69) is 5.32 Å². The zero-order chi connectivity index (χ0) is 17.3. The first-order valence-electron chi connectivity index (χ1n) is 7.51. The molecule has 1 heterocycles. The number of esters is 1. The van der Waals surface area contributed by atoms with Gasteiger partial charge >= 0.3 is 5.97 Å². The van der Waals surface area contributed by atoms with E-state index in [0.717, 1.165) is 5.56 Å². The van der Waals surface area contributed by atoms with Crippen molar-refractivity contribution in [1.29, 1.82) is 0 Å². The lowest BCUT2D eigenvalue weighted by Gasteiger charge is -2.25. The lowest BCUT2D eigenvalue weighted by molar-refractivity contribution is -0.153. The molecule has 24 heavy (non-hydrogen) atoms. The van der Waals surface area contributed by atoms with Crippen molar-refractivity contribution in [2.75, 3.05) is 11.9 Å². The Kier molecular flexibility index (Phi) is 4.52. The van der Waals surface area contributed by atoms with Crippen molar-refractivity contribution in [3.8, 4) is 0 Å². The molecular formula is C18H15Cl2NO3. The first-order chi connectivity index (χ1) is 11.5. The minimum absolute atomic E-state index is 0.144. The molecule has 4 nitrogen and oxygen atoms in total. The van der Waals surface area contributed by atoms with Gasteiger partial charge in [-0.25, -0.2) is 0 Å². The lowest BCUT2D eigenvalue weighted by Crippen LogP contribution is -2.45. The van der Waals surface area contributed by atoms with Crippen LogP contribution in [0, 0.1) is 0 Å². The summed E-state index contributed by atoms with van der Waals surface area (Å²) in [6, 6.07) is 12.2. The van der Waals surface area contributed by atoms with E-state index in [-0.39, 0.29) is 13.0 Å². The van der Waals surface area contributed by atoms with Crippen LogP contribution in [-0.4, -0.2) is 18.5 Å². The summed E-state index contributed by atoms with van der Waals surface area (Å²) in [6.45, 7) is 1.90. The highest BCUT2D eigenvalue weighted by Gasteiger charge is 2.54. The number of ether oxygens (including phenoxy) is 1. The average Bonchev–Trinajstić information content (AvgIpc) is 2.84. The van der Waals surface area contributed by atoms with Crippen molar-refractivity contribution in [1.82, 2.24) is 0 Å². The molecule has 2 aromatic rings. The van der Waals surface area contributed by atoms with Gasteiger partial charge in [0.05, 0.1) is 16.7 Å². The van der Waals surface area contributed by atoms with Crippen molar-refractivity contribution < 1.29 is 14.3 Å². The van der Waals surface area contributed by atoms with Gasteiger partial charge in [0.25, 0.3) is 0 Å². The number of carbonyl (C=O) groups excluding carboxylic acids is 2. The van der Waals surface area contributed by atoms with Crippen LogP contribution in [0.3, 0.4) is 0 Å². The largest absolute Gasteiger partial charge is 0.465 e. The minimum atomic E-state index is -1.43. The standard InChI is InChI=1S/C18H15Cl2NO3/c1-2-24-17(23)18(10-11-7-8-13(19)14(20)9-11)12-5-3-4-6-15(12)21-16(18)22/h3-9H,2,10H2,1H3,(H,21,22)/t18-/m0/s1. The summed E-state index contributed by atoms with van der Waals surface area (Å²) in [7, 11) is 0. The minimum Gasteiger partial charge on any atom is -0.465 e. The molecule has 1 N–H and O–H groups in total. The Morgan fingerprint density at radius 3 is 2.62 bits per heavy atom. The highest BCUT2D eigenvalue weighted by atomic mass is 35.5. The van der Waals surface area contributed by atoms with E-state index in [1.807, 2.05) is 0 Å². The molecule has 6 heteroatoms. The third-order valence-corrected chi connectivity index (χ3v) is 4.84. The Morgan fingerprint density at radius 1 is 1.17 bits per heavy atom. The molecule has 124 valence electrons. The van der Waals surface area contributed by atoms with Crippen LogP contribution in [-0.2, 0) is 26.2 Å². The Morgan fingerprint density at radius 2 is 1.92 bits per heavy atom. The number of halogens is 2. The van der Waals surface area contributed by atoms with Crippen LogP contribution >= 0.6 is 23.2 Å². The summed E-state index contributed by atoms with van der Waals surface area (Å²) in [6.07, 6.45) is 0.144. The number of rotatable bonds is 4. The Hall–Kier alpha value is -2.04. The predicted octanol–water partition coefficient (Wildman–Crippen LogP) is 3.99. The quantitative estimate of drug-likeness (QED) is 0.659. The smallest absolute Gasteiger partial charge is 0.326 e. The third kappa shape index (κ3) is 2.66. The summed E-state index contributed by atoms with van der Waals surface area (Å²) in [4.78, 5) is 25.5. The van der Waals surface area contributed by atoms with Crippen molar-refractivity contribution in [3.63, 3.8) is 0 Å². The zero-order valence-corrected chi connectivity index (χ0v) is 14.4. The first kappa shape index (κ1) is 16.8. The van der Waals surface area contributed by atoms with Gasteiger partial charge in [-0.1, -0.05) is 47.5 Å². The number of fused-ring (bicyclic) bond motifs is 1. The molecule has 1 atom stereocenters. The topological polar surface area (TPSA) is 55.4 Å². The molecule has 0 saturated heterocycles. The summed E-state index contributed by atoms with van der Waals surface area (Å²) < 4.78 is 5.22. The highest BCUT2D eigenvalue weighted by molar-refractivity contribution is 6.42. The van der Waals surface area contributed by atoms with Crippen LogP contribution in [0.4, 0.5) is 5.69 Å². The molecule has 0 fully saturated rings. The Labute approximate surface area is 149 Å². The summed E-state index contributed by atoms with van der Waals surface area (Å²) >= 11 is 12.0. The molecule has 2 aromatic carbocycles. The van der Waals surface area contributed by atoms with Crippen LogP contribution < -0.4 is 5.32 Å². The van der Waals surface area contributed by atoms with Gasteiger partial charge in [-0.05, 0) is 30.7 Å². The van der Waals surface area contributed by atoms with Gasteiger partial charge in [0.2, 0.25) is 5.91 Å². The number of amides is 1. The summed E-state index contributed by atoms with van der Waals surface area (Å²) in [5, 5.41) is 3.57. The van der Waals surface area contributed by atoms with Crippen molar-refractivity contribution in [2.45, 2.75) is 18.8 Å². The number of anilines is 1. The van der Waals surface area contributed by atoms with Crippen molar-refractivity contribution >= 4 is 40.8 Å². The van der Waals surface area contributed by atoms with Crippen LogP contribution in [0.1, 0.15) is 18.1 Å². The fourth-order valence-electron chi connectivity index (χ4n) is 2.98. The second-order valence-electron chi connectivity index (χ2n) is 5.55. The maximum Gasteiger partial charge on any atom is 0.326 e.